The first kappa shape index (κ1) is 20.7. The van der Waals surface area contributed by atoms with Gasteiger partial charge in [0.15, 0.2) is 0 Å². The van der Waals surface area contributed by atoms with Crippen molar-refractivity contribution in [1.29, 1.82) is 0 Å². The van der Waals surface area contributed by atoms with Crippen LogP contribution in [0.4, 0.5) is 5.69 Å². The van der Waals surface area contributed by atoms with Gasteiger partial charge in [0.05, 0.1) is 0 Å². The summed E-state index contributed by atoms with van der Waals surface area (Å²) in [7, 11) is 0. The lowest BCUT2D eigenvalue weighted by atomic mass is 10.1. The van der Waals surface area contributed by atoms with Crippen molar-refractivity contribution in [2.75, 3.05) is 11.9 Å². The summed E-state index contributed by atoms with van der Waals surface area (Å²) in [4.78, 5) is 23.9. The minimum Gasteiger partial charge on any atom is -0.421 e. The van der Waals surface area contributed by atoms with Gasteiger partial charge in [0.1, 0.15) is 0 Å². The third kappa shape index (κ3) is 6.53. The molecular weight excluding hydrogens is 436 g/mol. The van der Waals surface area contributed by atoms with Crippen molar-refractivity contribution in [3.8, 4) is 11.5 Å². The molecule has 3 aromatic rings. The number of halogens is 1. The van der Waals surface area contributed by atoms with Gasteiger partial charge >= 0.3 is 0 Å². The van der Waals surface area contributed by atoms with Crippen LogP contribution in [-0.2, 0) is 16.0 Å². The molecule has 1 heterocycles. The van der Waals surface area contributed by atoms with Crippen LogP contribution >= 0.6 is 15.9 Å². The molecule has 0 unspecified atom stereocenters. The van der Waals surface area contributed by atoms with Crippen molar-refractivity contribution < 1.29 is 14.0 Å². The van der Waals surface area contributed by atoms with Gasteiger partial charge in [0.2, 0.25) is 23.6 Å². The summed E-state index contributed by atoms with van der Waals surface area (Å²) in [5.41, 5.74) is 2.71. The Kier molecular flexibility index (Phi) is 7.13. The number of amides is 2. The van der Waals surface area contributed by atoms with E-state index in [4.69, 9.17) is 4.42 Å². The van der Waals surface area contributed by atoms with Gasteiger partial charge in [-0.25, -0.2) is 0 Å². The van der Waals surface area contributed by atoms with E-state index in [-0.39, 0.29) is 31.2 Å². The van der Waals surface area contributed by atoms with Gasteiger partial charge in [-0.1, -0.05) is 33.6 Å². The summed E-state index contributed by atoms with van der Waals surface area (Å²) in [6.45, 7) is 2.27. The Balaban J connectivity index is 1.37. The zero-order valence-corrected chi connectivity index (χ0v) is 17.5. The second kappa shape index (κ2) is 9.97. The number of hydrogen-bond acceptors (Lipinski definition) is 5. The molecule has 0 saturated carbocycles. The number of nitrogens with zero attached hydrogens (tertiary/aromatic N) is 2. The van der Waals surface area contributed by atoms with Gasteiger partial charge < -0.3 is 15.1 Å². The lowest BCUT2D eigenvalue weighted by Gasteiger charge is -2.06. The Morgan fingerprint density at radius 1 is 0.966 bits per heavy atom. The Hall–Kier alpha value is -3.00. The quantitative estimate of drug-likeness (QED) is 0.535. The molecule has 150 valence electrons. The maximum Gasteiger partial charge on any atom is 0.247 e. The molecular formula is C21H21BrN4O3. The number of nitrogens with one attached hydrogen (secondary N) is 2. The van der Waals surface area contributed by atoms with Crippen molar-refractivity contribution in [3.63, 3.8) is 0 Å². The Morgan fingerprint density at radius 2 is 1.69 bits per heavy atom. The number of aryl methyl sites for hydroxylation is 2. The van der Waals surface area contributed by atoms with E-state index in [9.17, 15) is 9.59 Å². The number of aromatic nitrogens is 2. The summed E-state index contributed by atoms with van der Waals surface area (Å²) in [6, 6.07) is 15.1. The Morgan fingerprint density at radius 3 is 2.41 bits per heavy atom. The normalized spacial score (nSPS) is 10.6. The first-order valence-corrected chi connectivity index (χ1v) is 10.0. The minimum atomic E-state index is -0.170. The van der Waals surface area contributed by atoms with Gasteiger partial charge in [-0.3, -0.25) is 9.59 Å². The first-order valence-electron chi connectivity index (χ1n) is 9.21. The molecule has 0 atom stereocenters. The van der Waals surface area contributed by atoms with E-state index in [1.807, 2.05) is 43.3 Å². The van der Waals surface area contributed by atoms with E-state index in [0.717, 1.165) is 15.6 Å². The Labute approximate surface area is 177 Å². The van der Waals surface area contributed by atoms with Crippen LogP contribution in [0.2, 0.25) is 0 Å². The number of benzene rings is 2. The molecule has 2 amide bonds. The molecule has 8 heteroatoms. The largest absolute Gasteiger partial charge is 0.421 e. The molecule has 1 aromatic heterocycles. The van der Waals surface area contributed by atoms with Crippen LogP contribution in [0.1, 0.15) is 24.3 Å². The molecule has 0 saturated heterocycles. The topological polar surface area (TPSA) is 97.1 Å². The molecule has 29 heavy (non-hydrogen) atoms. The second-order valence-electron chi connectivity index (χ2n) is 6.52. The number of anilines is 1. The van der Waals surface area contributed by atoms with E-state index in [1.54, 1.807) is 12.1 Å². The molecule has 7 nitrogen and oxygen atoms in total. The molecule has 0 fully saturated rings. The van der Waals surface area contributed by atoms with Crippen molar-refractivity contribution >= 4 is 33.4 Å². The number of rotatable bonds is 8. The average molecular weight is 457 g/mol. The van der Waals surface area contributed by atoms with Crippen LogP contribution in [-0.4, -0.2) is 28.6 Å². The maximum atomic E-state index is 12.0. The van der Waals surface area contributed by atoms with Crippen molar-refractivity contribution in [2.45, 2.75) is 26.2 Å². The molecule has 0 aliphatic heterocycles. The van der Waals surface area contributed by atoms with Crippen LogP contribution in [0.5, 0.6) is 0 Å². The summed E-state index contributed by atoms with van der Waals surface area (Å²) >= 11 is 3.34. The highest BCUT2D eigenvalue weighted by Crippen LogP contribution is 2.18. The Bertz CT molecular complexity index is 968. The SMILES string of the molecule is Cc1ccc(-c2nnc(CCC(=O)NCCC(=O)Nc3ccc(Br)cc3)o2)cc1. The molecule has 2 N–H and O–H groups in total. The lowest BCUT2D eigenvalue weighted by molar-refractivity contribution is -0.121. The third-order valence-corrected chi connectivity index (χ3v) is 4.66. The average Bonchev–Trinajstić information content (AvgIpc) is 3.18. The fourth-order valence-corrected chi connectivity index (χ4v) is 2.81. The van der Waals surface area contributed by atoms with Gasteiger partial charge in [-0.15, -0.1) is 10.2 Å². The van der Waals surface area contributed by atoms with E-state index in [1.165, 1.54) is 0 Å². The first-order chi connectivity index (χ1) is 14.0. The molecule has 2 aromatic carbocycles. The molecule has 0 bridgehead atoms. The van der Waals surface area contributed by atoms with Crippen molar-refractivity contribution in [2.24, 2.45) is 0 Å². The fraction of sp³-hybridized carbons (Fsp3) is 0.238. The highest BCUT2D eigenvalue weighted by atomic mass is 79.9. The van der Waals surface area contributed by atoms with E-state index in [2.05, 4.69) is 36.8 Å². The highest BCUT2D eigenvalue weighted by Gasteiger charge is 2.11. The predicted molar refractivity (Wildman–Crippen MR) is 113 cm³/mol. The summed E-state index contributed by atoms with van der Waals surface area (Å²) in [6.07, 6.45) is 0.750. The van der Waals surface area contributed by atoms with Crippen LogP contribution < -0.4 is 10.6 Å². The molecule has 0 aliphatic rings. The standard InChI is InChI=1S/C21H21BrN4O3/c1-14-2-4-15(5-3-14)21-26-25-20(29-21)11-10-18(27)23-13-12-19(28)24-17-8-6-16(22)7-9-17/h2-9H,10-13H2,1H3,(H,23,27)(H,24,28). The zero-order valence-electron chi connectivity index (χ0n) is 15.9. The van der Waals surface area contributed by atoms with Gasteiger partial charge in [0, 0.05) is 41.5 Å². The lowest BCUT2D eigenvalue weighted by Crippen LogP contribution is -2.27. The summed E-state index contributed by atoms with van der Waals surface area (Å²) in [5.74, 6) is 0.512. The zero-order chi connectivity index (χ0) is 20.6. The molecule has 0 aliphatic carbocycles. The molecule has 0 spiro atoms. The van der Waals surface area contributed by atoms with E-state index in [0.29, 0.717) is 23.9 Å². The predicted octanol–water partition coefficient (Wildman–Crippen LogP) is 3.89. The van der Waals surface area contributed by atoms with Crippen LogP contribution in [0.3, 0.4) is 0 Å². The smallest absolute Gasteiger partial charge is 0.247 e. The van der Waals surface area contributed by atoms with Crippen LogP contribution in [0, 0.1) is 6.92 Å². The van der Waals surface area contributed by atoms with Crippen molar-refractivity contribution in [1.82, 2.24) is 15.5 Å². The minimum absolute atomic E-state index is 0.160. The highest BCUT2D eigenvalue weighted by molar-refractivity contribution is 9.10. The van der Waals surface area contributed by atoms with E-state index >= 15 is 0 Å². The van der Waals surface area contributed by atoms with Crippen molar-refractivity contribution in [3.05, 3.63) is 64.5 Å². The fourth-order valence-electron chi connectivity index (χ4n) is 2.55. The van der Waals surface area contributed by atoms with Gasteiger partial charge in [0.25, 0.3) is 0 Å². The number of hydrogen-bond donors (Lipinski definition) is 2. The van der Waals surface area contributed by atoms with E-state index < -0.39 is 0 Å². The second-order valence-corrected chi connectivity index (χ2v) is 7.44. The summed E-state index contributed by atoms with van der Waals surface area (Å²) in [5, 5.41) is 13.5. The summed E-state index contributed by atoms with van der Waals surface area (Å²) < 4.78 is 6.55. The third-order valence-electron chi connectivity index (χ3n) is 4.13. The van der Waals surface area contributed by atoms with Gasteiger partial charge in [-0.2, -0.15) is 0 Å². The monoisotopic (exact) mass is 456 g/mol. The maximum absolute atomic E-state index is 12.0. The molecule has 3 rings (SSSR count). The number of carbonyl (C=O) groups is 2. The molecule has 0 radical (unpaired) electrons. The van der Waals surface area contributed by atoms with Gasteiger partial charge in [-0.05, 0) is 43.3 Å². The van der Waals surface area contributed by atoms with Crippen LogP contribution in [0.25, 0.3) is 11.5 Å². The van der Waals surface area contributed by atoms with Crippen LogP contribution in [0.15, 0.2) is 57.4 Å². The number of carbonyl (C=O) groups excluding carboxylic acids is 2.